The second-order valence-electron chi connectivity index (χ2n) is 5.05. The molecule has 1 atom stereocenters. The van der Waals surface area contributed by atoms with Crippen LogP contribution in [0.15, 0.2) is 30.3 Å². The summed E-state index contributed by atoms with van der Waals surface area (Å²) in [4.78, 5) is 0. The standard InChI is InChI=1S/C15H26NO3P/c1-4-5-11-18-12-13-20(17,16-14(2)3)19-15-9-7-6-8-10-15/h6-10,14H,4-5,11-13H2,1-3H3,(H,16,17). The molecule has 114 valence electrons. The van der Waals surface area contributed by atoms with E-state index in [9.17, 15) is 4.57 Å². The molecule has 1 aromatic rings. The molecule has 0 aliphatic rings. The van der Waals surface area contributed by atoms with E-state index in [4.69, 9.17) is 9.26 Å². The number of hydrogen-bond acceptors (Lipinski definition) is 3. The number of nitrogens with one attached hydrogen (secondary N) is 1. The summed E-state index contributed by atoms with van der Waals surface area (Å²) in [7, 11) is -2.92. The van der Waals surface area contributed by atoms with Crippen LogP contribution in [0.3, 0.4) is 0 Å². The maximum atomic E-state index is 12.8. The van der Waals surface area contributed by atoms with Crippen molar-refractivity contribution in [1.29, 1.82) is 0 Å². The summed E-state index contributed by atoms with van der Waals surface area (Å²) in [6.45, 7) is 7.19. The number of unbranched alkanes of at least 4 members (excludes halogenated alkanes) is 1. The van der Waals surface area contributed by atoms with Crippen molar-refractivity contribution >= 4 is 7.52 Å². The highest BCUT2D eigenvalue weighted by Crippen LogP contribution is 2.43. The van der Waals surface area contributed by atoms with E-state index in [-0.39, 0.29) is 6.04 Å². The first kappa shape index (κ1) is 17.2. The molecule has 0 saturated heterocycles. The topological polar surface area (TPSA) is 47.6 Å². The van der Waals surface area contributed by atoms with Crippen LogP contribution in [0.5, 0.6) is 5.75 Å². The molecule has 4 nitrogen and oxygen atoms in total. The first-order valence-electron chi connectivity index (χ1n) is 7.25. The highest BCUT2D eigenvalue weighted by atomic mass is 31.2. The fourth-order valence-electron chi connectivity index (χ4n) is 1.71. The lowest BCUT2D eigenvalue weighted by molar-refractivity contribution is 0.144. The van der Waals surface area contributed by atoms with Gasteiger partial charge in [0.05, 0.1) is 12.8 Å². The van der Waals surface area contributed by atoms with Crippen LogP contribution in [0.4, 0.5) is 0 Å². The lowest BCUT2D eigenvalue weighted by Gasteiger charge is -2.22. The largest absolute Gasteiger partial charge is 0.433 e. The Balaban J connectivity index is 2.55. The lowest BCUT2D eigenvalue weighted by atomic mass is 10.3. The summed E-state index contributed by atoms with van der Waals surface area (Å²) in [6, 6.07) is 9.36. The Kier molecular flexibility index (Phi) is 7.90. The van der Waals surface area contributed by atoms with E-state index in [2.05, 4.69) is 12.0 Å². The van der Waals surface area contributed by atoms with Crippen molar-refractivity contribution < 1.29 is 13.8 Å². The molecule has 0 fully saturated rings. The molecule has 0 heterocycles. The van der Waals surface area contributed by atoms with Crippen LogP contribution < -0.4 is 9.61 Å². The molecule has 5 heteroatoms. The Labute approximate surface area is 122 Å². The molecule has 1 rings (SSSR count). The van der Waals surface area contributed by atoms with Crippen molar-refractivity contribution in [3.8, 4) is 5.75 Å². The molecule has 20 heavy (non-hydrogen) atoms. The molecule has 0 aliphatic heterocycles. The molecule has 0 saturated carbocycles. The highest BCUT2D eigenvalue weighted by molar-refractivity contribution is 7.57. The van der Waals surface area contributed by atoms with Crippen LogP contribution in [-0.2, 0) is 9.30 Å². The Hall–Kier alpha value is -0.830. The monoisotopic (exact) mass is 299 g/mol. The van der Waals surface area contributed by atoms with Gasteiger partial charge in [0, 0.05) is 12.6 Å². The molecule has 0 spiro atoms. The van der Waals surface area contributed by atoms with Crippen LogP contribution in [0.1, 0.15) is 33.6 Å². The van der Waals surface area contributed by atoms with Crippen molar-refractivity contribution in [3.63, 3.8) is 0 Å². The summed E-state index contributed by atoms with van der Waals surface area (Å²) >= 11 is 0. The van der Waals surface area contributed by atoms with Crippen LogP contribution in [0, 0.1) is 0 Å². The number of ether oxygens (including phenoxy) is 1. The second kappa shape index (κ2) is 9.17. The van der Waals surface area contributed by atoms with Gasteiger partial charge in [-0.15, -0.1) is 0 Å². The zero-order valence-electron chi connectivity index (χ0n) is 12.7. The smallest absolute Gasteiger partial charge is 0.319 e. The molecule has 0 radical (unpaired) electrons. The average Bonchev–Trinajstić information content (AvgIpc) is 2.38. The maximum Gasteiger partial charge on any atom is 0.319 e. The van der Waals surface area contributed by atoms with E-state index in [1.807, 2.05) is 44.2 Å². The van der Waals surface area contributed by atoms with Gasteiger partial charge in [0.2, 0.25) is 0 Å². The zero-order valence-corrected chi connectivity index (χ0v) is 13.6. The van der Waals surface area contributed by atoms with E-state index in [0.717, 1.165) is 12.8 Å². The Morgan fingerprint density at radius 2 is 1.90 bits per heavy atom. The minimum atomic E-state index is -2.92. The molecular weight excluding hydrogens is 273 g/mol. The van der Waals surface area contributed by atoms with Gasteiger partial charge in [0.25, 0.3) is 0 Å². The SMILES string of the molecule is CCCCOCCP(=O)(NC(C)C)Oc1ccccc1. The predicted molar refractivity (Wildman–Crippen MR) is 83.5 cm³/mol. The molecular formula is C15H26NO3P. The highest BCUT2D eigenvalue weighted by Gasteiger charge is 2.25. The molecule has 0 aliphatic carbocycles. The van der Waals surface area contributed by atoms with Crippen LogP contribution in [0.2, 0.25) is 0 Å². The van der Waals surface area contributed by atoms with Gasteiger partial charge in [-0.25, -0.2) is 5.09 Å². The van der Waals surface area contributed by atoms with Gasteiger partial charge in [0.1, 0.15) is 5.75 Å². The third-order valence-corrected chi connectivity index (χ3v) is 4.81. The summed E-state index contributed by atoms with van der Waals surface area (Å²) in [5.74, 6) is 0.623. The lowest BCUT2D eigenvalue weighted by Crippen LogP contribution is -2.25. The number of benzene rings is 1. The maximum absolute atomic E-state index is 12.8. The fraction of sp³-hybridized carbons (Fsp3) is 0.600. The Bertz CT molecular complexity index is 409. The summed E-state index contributed by atoms with van der Waals surface area (Å²) < 4.78 is 24.0. The van der Waals surface area contributed by atoms with Crippen LogP contribution in [0.25, 0.3) is 0 Å². The minimum absolute atomic E-state index is 0.0974. The molecule has 1 aromatic carbocycles. The number of para-hydroxylation sites is 1. The van der Waals surface area contributed by atoms with Crippen molar-refractivity contribution in [3.05, 3.63) is 30.3 Å². The van der Waals surface area contributed by atoms with E-state index >= 15 is 0 Å². The van der Waals surface area contributed by atoms with Crippen LogP contribution in [-0.4, -0.2) is 25.4 Å². The van der Waals surface area contributed by atoms with Crippen molar-refractivity contribution in [2.24, 2.45) is 0 Å². The molecule has 1 N–H and O–H groups in total. The number of hydrogen-bond donors (Lipinski definition) is 1. The van der Waals surface area contributed by atoms with Gasteiger partial charge in [0.15, 0.2) is 0 Å². The molecule has 0 aromatic heterocycles. The van der Waals surface area contributed by atoms with Crippen LogP contribution >= 0.6 is 7.52 Å². The third-order valence-electron chi connectivity index (χ3n) is 2.62. The van der Waals surface area contributed by atoms with E-state index < -0.39 is 7.52 Å². The predicted octanol–water partition coefficient (Wildman–Crippen LogP) is 4.07. The first-order chi connectivity index (χ1) is 9.56. The van der Waals surface area contributed by atoms with Gasteiger partial charge in [-0.2, -0.15) is 0 Å². The molecule has 0 amide bonds. The molecule has 0 bridgehead atoms. The van der Waals surface area contributed by atoms with Gasteiger partial charge >= 0.3 is 7.52 Å². The zero-order chi connectivity index (χ0) is 14.8. The van der Waals surface area contributed by atoms with Crippen molar-refractivity contribution in [2.45, 2.75) is 39.7 Å². The van der Waals surface area contributed by atoms with Gasteiger partial charge in [-0.05, 0) is 32.4 Å². The Morgan fingerprint density at radius 1 is 1.20 bits per heavy atom. The fourth-order valence-corrected chi connectivity index (χ4v) is 3.61. The third kappa shape index (κ3) is 7.09. The van der Waals surface area contributed by atoms with E-state index in [1.165, 1.54) is 0 Å². The van der Waals surface area contributed by atoms with Gasteiger partial charge < -0.3 is 9.26 Å². The Morgan fingerprint density at radius 3 is 2.50 bits per heavy atom. The van der Waals surface area contributed by atoms with E-state index in [0.29, 0.717) is 25.1 Å². The minimum Gasteiger partial charge on any atom is -0.433 e. The normalized spacial score (nSPS) is 14.2. The van der Waals surface area contributed by atoms with Crippen molar-refractivity contribution in [1.82, 2.24) is 5.09 Å². The van der Waals surface area contributed by atoms with Gasteiger partial charge in [-0.3, -0.25) is 4.57 Å². The second-order valence-corrected chi connectivity index (χ2v) is 7.29. The quantitative estimate of drug-likeness (QED) is 0.522. The first-order valence-corrected chi connectivity index (χ1v) is 9.06. The average molecular weight is 299 g/mol. The summed E-state index contributed by atoms with van der Waals surface area (Å²) in [6.07, 6.45) is 2.51. The summed E-state index contributed by atoms with van der Waals surface area (Å²) in [5.41, 5.74) is 0. The van der Waals surface area contributed by atoms with Crippen molar-refractivity contribution in [2.75, 3.05) is 19.4 Å². The number of rotatable bonds is 10. The van der Waals surface area contributed by atoms with E-state index in [1.54, 1.807) is 0 Å². The van der Waals surface area contributed by atoms with Gasteiger partial charge in [-0.1, -0.05) is 31.5 Å². The molecule has 1 unspecified atom stereocenters. The summed E-state index contributed by atoms with van der Waals surface area (Å²) in [5, 5.41) is 3.05.